The van der Waals surface area contributed by atoms with Crippen molar-refractivity contribution in [3.05, 3.63) is 53.6 Å². The lowest BCUT2D eigenvalue weighted by Gasteiger charge is -2.03. The molecule has 4 nitrogen and oxygen atoms in total. The number of aliphatic hydroxyl groups is 1. The zero-order valence-electron chi connectivity index (χ0n) is 16.7. The average Bonchev–Trinajstić information content (AvgIpc) is 3.16. The van der Waals surface area contributed by atoms with Crippen LogP contribution >= 0.6 is 0 Å². The second kappa shape index (κ2) is 10.2. The monoisotopic (exact) mass is 378 g/mol. The molecule has 0 unspecified atom stereocenters. The highest BCUT2D eigenvalue weighted by Gasteiger charge is 2.09. The van der Waals surface area contributed by atoms with E-state index in [0.29, 0.717) is 5.56 Å². The van der Waals surface area contributed by atoms with Gasteiger partial charge in [-0.1, -0.05) is 69.7 Å². The van der Waals surface area contributed by atoms with Gasteiger partial charge in [-0.25, -0.2) is 4.98 Å². The van der Waals surface area contributed by atoms with Crippen molar-refractivity contribution >= 4 is 16.8 Å². The minimum absolute atomic E-state index is 0.284. The number of carbonyl (C=O) groups excluding carboxylic acids is 1. The van der Waals surface area contributed by atoms with E-state index in [0.717, 1.165) is 28.8 Å². The maximum absolute atomic E-state index is 11.7. The Bertz CT molecular complexity index is 897. The summed E-state index contributed by atoms with van der Waals surface area (Å²) in [6.07, 6.45) is 10.4. The van der Waals surface area contributed by atoms with Crippen LogP contribution in [0.4, 0.5) is 0 Å². The van der Waals surface area contributed by atoms with Crippen molar-refractivity contribution in [3.8, 4) is 11.4 Å². The Hall–Kier alpha value is -2.46. The zero-order chi connectivity index (χ0) is 19.8. The van der Waals surface area contributed by atoms with Crippen LogP contribution in [0.1, 0.15) is 67.8 Å². The minimum atomic E-state index is -0.479. The van der Waals surface area contributed by atoms with Crippen LogP contribution in [0.25, 0.3) is 22.4 Å². The zero-order valence-corrected chi connectivity index (χ0v) is 16.7. The highest BCUT2D eigenvalue weighted by molar-refractivity contribution is 5.99. The van der Waals surface area contributed by atoms with Gasteiger partial charge in [0.15, 0.2) is 5.78 Å². The summed E-state index contributed by atoms with van der Waals surface area (Å²) < 4.78 is 0. The fourth-order valence-corrected chi connectivity index (χ4v) is 3.53. The van der Waals surface area contributed by atoms with Crippen LogP contribution in [-0.4, -0.2) is 27.5 Å². The topological polar surface area (TPSA) is 66.0 Å². The Balaban J connectivity index is 1.58. The molecule has 0 bridgehead atoms. The van der Waals surface area contributed by atoms with E-state index in [4.69, 9.17) is 5.11 Å². The summed E-state index contributed by atoms with van der Waals surface area (Å²) in [4.78, 5) is 19.6. The van der Waals surface area contributed by atoms with E-state index in [2.05, 4.69) is 41.2 Å². The first-order valence-electron chi connectivity index (χ1n) is 10.4. The third-order valence-electron chi connectivity index (χ3n) is 5.24. The number of nitrogens with zero attached hydrogens (tertiary/aromatic N) is 1. The van der Waals surface area contributed by atoms with Gasteiger partial charge < -0.3 is 10.1 Å². The van der Waals surface area contributed by atoms with E-state index in [1.54, 1.807) is 12.1 Å². The van der Waals surface area contributed by atoms with Crippen molar-refractivity contribution < 1.29 is 9.90 Å². The second-order valence-electron chi connectivity index (χ2n) is 7.47. The number of H-pyrrole nitrogens is 1. The van der Waals surface area contributed by atoms with Crippen molar-refractivity contribution in [2.75, 3.05) is 6.61 Å². The van der Waals surface area contributed by atoms with Gasteiger partial charge in [0.1, 0.15) is 12.4 Å². The molecule has 0 amide bonds. The number of aryl methyl sites for hydroxylation is 1. The van der Waals surface area contributed by atoms with Crippen molar-refractivity contribution in [2.24, 2.45) is 0 Å². The van der Waals surface area contributed by atoms with Crippen molar-refractivity contribution in [1.29, 1.82) is 0 Å². The number of carbonyl (C=O) groups is 1. The predicted octanol–water partition coefficient (Wildman–Crippen LogP) is 5.70. The van der Waals surface area contributed by atoms with E-state index >= 15 is 0 Å². The number of aromatic nitrogens is 2. The molecule has 2 N–H and O–H groups in total. The lowest BCUT2D eigenvalue weighted by molar-refractivity contribution is 0.0904. The summed E-state index contributed by atoms with van der Waals surface area (Å²) in [5.74, 6) is 0.513. The number of unbranched alkanes of at least 4 members (excludes halogenated alkanes) is 6. The van der Waals surface area contributed by atoms with Gasteiger partial charge in [-0.3, -0.25) is 4.79 Å². The molecular formula is C24H30N2O2. The number of benzene rings is 2. The van der Waals surface area contributed by atoms with Gasteiger partial charge in [0.25, 0.3) is 0 Å². The first-order valence-corrected chi connectivity index (χ1v) is 10.4. The number of Topliss-reactive ketones (excluding diaryl/α,β-unsaturated/α-hetero) is 1. The summed E-state index contributed by atoms with van der Waals surface area (Å²) in [6, 6.07) is 13.8. The van der Waals surface area contributed by atoms with Crippen molar-refractivity contribution in [1.82, 2.24) is 9.97 Å². The quantitative estimate of drug-likeness (QED) is 0.332. The van der Waals surface area contributed by atoms with Gasteiger partial charge in [-0.2, -0.15) is 0 Å². The van der Waals surface area contributed by atoms with Crippen molar-refractivity contribution in [3.63, 3.8) is 0 Å². The number of imidazole rings is 1. The maximum atomic E-state index is 11.7. The van der Waals surface area contributed by atoms with E-state index < -0.39 is 6.61 Å². The van der Waals surface area contributed by atoms with Gasteiger partial charge in [-0.05, 0) is 36.6 Å². The summed E-state index contributed by atoms with van der Waals surface area (Å²) >= 11 is 0. The molecule has 0 saturated heterocycles. The molecule has 0 spiro atoms. The summed E-state index contributed by atoms with van der Waals surface area (Å²) in [5, 5.41) is 9.02. The van der Waals surface area contributed by atoms with Crippen LogP contribution in [0, 0.1) is 0 Å². The van der Waals surface area contributed by atoms with E-state index in [1.165, 1.54) is 50.5 Å². The number of hydrogen-bond acceptors (Lipinski definition) is 3. The minimum Gasteiger partial charge on any atom is -0.388 e. The number of nitrogens with one attached hydrogen (secondary N) is 1. The molecule has 0 atom stereocenters. The molecule has 0 fully saturated rings. The number of aromatic amines is 1. The largest absolute Gasteiger partial charge is 0.388 e. The summed E-state index contributed by atoms with van der Waals surface area (Å²) in [5.41, 5.74) is 4.52. The molecule has 3 aromatic rings. The normalized spacial score (nSPS) is 11.2. The molecule has 2 aromatic carbocycles. The number of aliphatic hydroxyl groups excluding tert-OH is 1. The summed E-state index contributed by atoms with van der Waals surface area (Å²) in [7, 11) is 0. The molecule has 28 heavy (non-hydrogen) atoms. The van der Waals surface area contributed by atoms with Gasteiger partial charge in [-0.15, -0.1) is 0 Å². The van der Waals surface area contributed by atoms with Crippen LogP contribution in [-0.2, 0) is 6.42 Å². The Labute approximate surface area is 167 Å². The Morgan fingerprint density at radius 1 is 0.964 bits per heavy atom. The molecule has 0 radical (unpaired) electrons. The average molecular weight is 379 g/mol. The maximum Gasteiger partial charge on any atom is 0.188 e. The molecule has 148 valence electrons. The second-order valence-corrected chi connectivity index (χ2v) is 7.47. The first-order chi connectivity index (χ1) is 13.7. The molecule has 3 rings (SSSR count). The SMILES string of the molecule is CCCCCCCCCc1ccc(-c2nc3ccc(C(=O)CO)cc3[nH]2)cc1. The van der Waals surface area contributed by atoms with Gasteiger partial charge in [0.05, 0.1) is 11.0 Å². The van der Waals surface area contributed by atoms with E-state index in [-0.39, 0.29) is 5.78 Å². The van der Waals surface area contributed by atoms with Gasteiger partial charge in [0.2, 0.25) is 0 Å². The standard InChI is InChI=1S/C24H30N2O2/c1-2-3-4-5-6-7-8-9-18-10-12-19(13-11-18)24-25-21-15-14-20(23(28)17-27)16-22(21)26-24/h10-16,27H,2-9,17H2,1H3,(H,25,26). The predicted molar refractivity (Wildman–Crippen MR) is 115 cm³/mol. The van der Waals surface area contributed by atoms with Crippen molar-refractivity contribution in [2.45, 2.75) is 58.3 Å². The van der Waals surface area contributed by atoms with E-state index in [1.807, 2.05) is 6.07 Å². The van der Waals surface area contributed by atoms with Crippen LogP contribution in [0.3, 0.4) is 0 Å². The number of fused-ring (bicyclic) bond motifs is 1. The molecule has 0 aliphatic carbocycles. The highest BCUT2D eigenvalue weighted by Crippen LogP contribution is 2.22. The number of hydrogen-bond donors (Lipinski definition) is 2. The lowest BCUT2D eigenvalue weighted by atomic mass is 10.0. The third kappa shape index (κ3) is 5.29. The third-order valence-corrected chi connectivity index (χ3v) is 5.24. The smallest absolute Gasteiger partial charge is 0.188 e. The molecule has 0 aliphatic rings. The fraction of sp³-hybridized carbons (Fsp3) is 0.417. The van der Waals surface area contributed by atoms with Crippen LogP contribution in [0.5, 0.6) is 0 Å². The van der Waals surface area contributed by atoms with Crippen LogP contribution in [0.15, 0.2) is 42.5 Å². The molecule has 4 heteroatoms. The number of ketones is 1. The Morgan fingerprint density at radius 2 is 1.68 bits per heavy atom. The molecule has 1 heterocycles. The Kier molecular flexibility index (Phi) is 7.38. The van der Waals surface area contributed by atoms with E-state index in [9.17, 15) is 4.79 Å². The summed E-state index contributed by atoms with van der Waals surface area (Å²) in [6.45, 7) is 1.77. The van der Waals surface area contributed by atoms with Gasteiger partial charge in [0, 0.05) is 11.1 Å². The molecule has 1 aromatic heterocycles. The lowest BCUT2D eigenvalue weighted by Crippen LogP contribution is -2.03. The molecule has 0 aliphatic heterocycles. The molecular weight excluding hydrogens is 348 g/mol. The Morgan fingerprint density at radius 3 is 2.39 bits per heavy atom. The molecule has 0 saturated carbocycles. The number of rotatable bonds is 11. The first kappa shape index (κ1) is 20.3. The highest BCUT2D eigenvalue weighted by atomic mass is 16.3. The van der Waals surface area contributed by atoms with Crippen LogP contribution < -0.4 is 0 Å². The fourth-order valence-electron chi connectivity index (χ4n) is 3.53. The van der Waals surface area contributed by atoms with Gasteiger partial charge >= 0.3 is 0 Å². The van der Waals surface area contributed by atoms with Crippen LogP contribution in [0.2, 0.25) is 0 Å².